The van der Waals surface area contributed by atoms with Gasteiger partial charge in [-0.3, -0.25) is 0 Å². The highest BCUT2D eigenvalue weighted by Gasteiger charge is 2.34. The molecule has 0 radical (unpaired) electrons. The lowest BCUT2D eigenvalue weighted by Gasteiger charge is -2.34. The number of carbonyl (C=O) groups excluding carboxylic acids is 1. The Morgan fingerprint density at radius 3 is 2.62 bits per heavy atom. The van der Waals surface area contributed by atoms with Crippen molar-refractivity contribution in [3.05, 3.63) is 54.3 Å². The molecule has 2 fully saturated rings. The summed E-state index contributed by atoms with van der Waals surface area (Å²) in [6.45, 7) is 5.06. The maximum absolute atomic E-state index is 16.4. The quantitative estimate of drug-likeness (QED) is 0.296. The number of carbonyl (C=O) groups is 1. The SMILES string of the molecule is CC(C)(COc1nc(N2CC3CCC(C2)N3)c2ccc(-c3cc(O)cc4ccccc34)c(F)c2n1)NC(N)=O. The minimum atomic E-state index is -0.792. The predicted octanol–water partition coefficient (Wildman–Crippen LogP) is 4.06. The van der Waals surface area contributed by atoms with Crippen LogP contribution in [0.4, 0.5) is 15.0 Å². The average molecular weight is 531 g/mol. The predicted molar refractivity (Wildman–Crippen MR) is 149 cm³/mol. The Bertz CT molecular complexity index is 1580. The fourth-order valence-electron chi connectivity index (χ4n) is 5.74. The molecule has 2 aliphatic rings. The molecule has 2 bridgehead atoms. The Hall–Kier alpha value is -4.18. The lowest BCUT2D eigenvalue weighted by molar-refractivity contribution is 0.191. The van der Waals surface area contributed by atoms with E-state index in [1.54, 1.807) is 32.0 Å². The number of phenols is 1. The van der Waals surface area contributed by atoms with E-state index >= 15 is 4.39 Å². The normalized spacial score (nSPS) is 19.0. The zero-order chi connectivity index (χ0) is 27.3. The van der Waals surface area contributed by atoms with Gasteiger partial charge in [-0.1, -0.05) is 30.3 Å². The van der Waals surface area contributed by atoms with Crippen LogP contribution >= 0.6 is 0 Å². The number of anilines is 1. The molecule has 10 heteroatoms. The van der Waals surface area contributed by atoms with E-state index in [-0.39, 0.29) is 23.9 Å². The first-order chi connectivity index (χ1) is 18.7. The van der Waals surface area contributed by atoms with E-state index in [9.17, 15) is 9.90 Å². The monoisotopic (exact) mass is 530 g/mol. The Labute approximate surface area is 225 Å². The molecule has 2 atom stereocenters. The molecule has 9 nitrogen and oxygen atoms in total. The molecule has 0 aliphatic carbocycles. The summed E-state index contributed by atoms with van der Waals surface area (Å²) >= 11 is 0. The number of phenolic OH excluding ortho intramolecular Hbond substituents is 1. The van der Waals surface area contributed by atoms with Gasteiger partial charge in [0, 0.05) is 36.1 Å². The van der Waals surface area contributed by atoms with Gasteiger partial charge >= 0.3 is 12.0 Å². The van der Waals surface area contributed by atoms with Crippen LogP contribution in [0.2, 0.25) is 0 Å². The highest BCUT2D eigenvalue weighted by Crippen LogP contribution is 2.39. The number of piperazine rings is 1. The Kier molecular flexibility index (Phi) is 6.14. The number of nitrogens with one attached hydrogen (secondary N) is 2. The fraction of sp³-hybridized carbons (Fsp3) is 0.345. The number of hydrogen-bond donors (Lipinski definition) is 4. The Morgan fingerprint density at radius 2 is 1.87 bits per heavy atom. The number of nitrogens with zero attached hydrogens (tertiary/aromatic N) is 3. The lowest BCUT2D eigenvalue weighted by Crippen LogP contribution is -2.51. The average Bonchev–Trinajstić information content (AvgIpc) is 3.23. The van der Waals surface area contributed by atoms with Crippen molar-refractivity contribution >= 4 is 33.5 Å². The molecule has 202 valence electrons. The number of aromatic hydroxyl groups is 1. The first-order valence-electron chi connectivity index (χ1n) is 13.1. The van der Waals surface area contributed by atoms with E-state index in [2.05, 4.69) is 20.5 Å². The minimum absolute atomic E-state index is 0.0135. The molecule has 3 aromatic carbocycles. The van der Waals surface area contributed by atoms with Crippen LogP contribution in [0, 0.1) is 5.82 Å². The molecule has 3 heterocycles. The van der Waals surface area contributed by atoms with Crippen LogP contribution in [-0.2, 0) is 0 Å². The second kappa shape index (κ2) is 9.53. The van der Waals surface area contributed by atoms with Crippen molar-refractivity contribution in [3.63, 3.8) is 0 Å². The molecule has 0 saturated carbocycles. The molecule has 39 heavy (non-hydrogen) atoms. The molecule has 2 unspecified atom stereocenters. The van der Waals surface area contributed by atoms with E-state index < -0.39 is 17.4 Å². The number of amides is 2. The van der Waals surface area contributed by atoms with Gasteiger partial charge in [-0.2, -0.15) is 9.97 Å². The van der Waals surface area contributed by atoms with E-state index in [0.717, 1.165) is 36.7 Å². The van der Waals surface area contributed by atoms with Crippen LogP contribution in [0.1, 0.15) is 26.7 Å². The van der Waals surface area contributed by atoms with Crippen molar-refractivity contribution in [2.24, 2.45) is 5.73 Å². The summed E-state index contributed by atoms with van der Waals surface area (Å²) in [7, 11) is 0. The van der Waals surface area contributed by atoms with Gasteiger partial charge in [0.05, 0.1) is 5.54 Å². The summed E-state index contributed by atoms with van der Waals surface area (Å²) in [5, 5.41) is 18.8. The van der Waals surface area contributed by atoms with Crippen LogP contribution in [0.3, 0.4) is 0 Å². The molecule has 0 spiro atoms. The zero-order valence-corrected chi connectivity index (χ0v) is 21.9. The van der Waals surface area contributed by atoms with Crippen LogP contribution in [-0.4, -0.2) is 58.4 Å². The topological polar surface area (TPSA) is 126 Å². The molecule has 6 rings (SSSR count). The van der Waals surface area contributed by atoms with Gasteiger partial charge in [-0.05, 0) is 61.2 Å². The van der Waals surface area contributed by atoms with Gasteiger partial charge in [0.2, 0.25) is 0 Å². The summed E-state index contributed by atoms with van der Waals surface area (Å²) in [6, 6.07) is 14.4. The third-order valence-corrected chi connectivity index (χ3v) is 7.44. The second-order valence-corrected chi connectivity index (χ2v) is 11.1. The van der Waals surface area contributed by atoms with Gasteiger partial charge in [0.15, 0.2) is 5.82 Å². The summed E-state index contributed by atoms with van der Waals surface area (Å²) in [4.78, 5) is 22.8. The largest absolute Gasteiger partial charge is 0.508 e. The number of hydrogen-bond acceptors (Lipinski definition) is 7. The molecular formula is C29H31FN6O3. The number of rotatable bonds is 6. The number of halogens is 1. The van der Waals surface area contributed by atoms with Crippen molar-refractivity contribution < 1.29 is 19.0 Å². The number of urea groups is 1. The van der Waals surface area contributed by atoms with Crippen molar-refractivity contribution in [1.29, 1.82) is 0 Å². The first-order valence-corrected chi connectivity index (χ1v) is 13.1. The fourth-order valence-corrected chi connectivity index (χ4v) is 5.74. The number of nitrogens with two attached hydrogens (primary N) is 1. The number of ether oxygens (including phenoxy) is 1. The first kappa shape index (κ1) is 25.1. The second-order valence-electron chi connectivity index (χ2n) is 11.1. The molecule has 2 saturated heterocycles. The third-order valence-electron chi connectivity index (χ3n) is 7.44. The molecule has 4 aromatic rings. The molecule has 2 amide bonds. The van der Waals surface area contributed by atoms with E-state index in [1.165, 1.54) is 0 Å². The summed E-state index contributed by atoms with van der Waals surface area (Å²) < 4.78 is 22.4. The highest BCUT2D eigenvalue weighted by molar-refractivity contribution is 6.01. The number of benzene rings is 3. The smallest absolute Gasteiger partial charge is 0.319 e. The molecule has 1 aromatic heterocycles. The van der Waals surface area contributed by atoms with Gasteiger partial charge in [0.25, 0.3) is 0 Å². The summed E-state index contributed by atoms with van der Waals surface area (Å²) in [6.07, 6.45) is 2.17. The van der Waals surface area contributed by atoms with Crippen molar-refractivity contribution in [2.75, 3.05) is 24.6 Å². The van der Waals surface area contributed by atoms with Gasteiger partial charge in [-0.25, -0.2) is 9.18 Å². The standard InChI is InChI=1S/C29H31FN6O3/c1-29(2,35-27(31)38)15-39-28-33-25-22(26(34-28)36-13-17-7-8-18(14-36)32-17)10-9-21(24(25)30)23-12-19(37)11-16-5-3-4-6-20(16)23/h3-6,9-12,17-18,32,37H,7-8,13-15H2,1-2H3,(H3,31,35,38). The third kappa shape index (κ3) is 4.87. The number of fused-ring (bicyclic) bond motifs is 4. The van der Waals surface area contributed by atoms with Crippen LogP contribution < -0.4 is 26.0 Å². The maximum Gasteiger partial charge on any atom is 0.319 e. The zero-order valence-electron chi connectivity index (χ0n) is 21.9. The highest BCUT2D eigenvalue weighted by atomic mass is 19.1. The molecule has 5 N–H and O–H groups in total. The summed E-state index contributed by atoms with van der Waals surface area (Å²) in [5.41, 5.74) is 5.53. The minimum Gasteiger partial charge on any atom is -0.508 e. The van der Waals surface area contributed by atoms with Gasteiger partial charge in [-0.15, -0.1) is 0 Å². The van der Waals surface area contributed by atoms with Crippen molar-refractivity contribution in [2.45, 2.75) is 44.3 Å². The molecular weight excluding hydrogens is 499 g/mol. The lowest BCUT2D eigenvalue weighted by atomic mass is 9.96. The Morgan fingerprint density at radius 1 is 1.13 bits per heavy atom. The van der Waals surface area contributed by atoms with Crippen LogP contribution in [0.25, 0.3) is 32.8 Å². The van der Waals surface area contributed by atoms with Crippen molar-refractivity contribution in [3.8, 4) is 22.9 Å². The number of primary amides is 1. The van der Waals surface area contributed by atoms with E-state index in [4.69, 9.17) is 15.5 Å². The van der Waals surface area contributed by atoms with E-state index in [1.807, 2.05) is 30.3 Å². The molecule has 2 aliphatic heterocycles. The van der Waals surface area contributed by atoms with Gasteiger partial charge < -0.3 is 31.1 Å². The van der Waals surface area contributed by atoms with E-state index in [0.29, 0.717) is 34.4 Å². The number of aromatic nitrogens is 2. The van der Waals surface area contributed by atoms with Gasteiger partial charge in [0.1, 0.15) is 23.7 Å². The van der Waals surface area contributed by atoms with Crippen LogP contribution in [0.15, 0.2) is 48.5 Å². The van der Waals surface area contributed by atoms with Crippen molar-refractivity contribution in [1.82, 2.24) is 20.6 Å². The Balaban J connectivity index is 1.48. The van der Waals surface area contributed by atoms with Crippen LogP contribution in [0.5, 0.6) is 11.8 Å². The maximum atomic E-state index is 16.4. The summed E-state index contributed by atoms with van der Waals surface area (Å²) in [5.74, 6) is 0.140.